The molecule has 1 saturated heterocycles. The van der Waals surface area contributed by atoms with Crippen molar-refractivity contribution in [1.29, 1.82) is 0 Å². The predicted octanol–water partition coefficient (Wildman–Crippen LogP) is 2.82. The van der Waals surface area contributed by atoms with E-state index in [0.717, 1.165) is 29.4 Å². The summed E-state index contributed by atoms with van der Waals surface area (Å²) in [7, 11) is 0. The normalized spacial score (nSPS) is 20.5. The average molecular weight is 586 g/mol. The van der Waals surface area contributed by atoms with Gasteiger partial charge in [0.1, 0.15) is 0 Å². The van der Waals surface area contributed by atoms with E-state index in [4.69, 9.17) is 24.1 Å². The second-order valence-corrected chi connectivity index (χ2v) is 10.5. The third kappa shape index (κ3) is 7.97. The number of benzene rings is 1. The summed E-state index contributed by atoms with van der Waals surface area (Å²) < 4.78 is 24.9. The van der Waals surface area contributed by atoms with E-state index in [2.05, 4.69) is 5.32 Å². The molecule has 11 nitrogen and oxygen atoms in total. The highest BCUT2D eigenvalue weighted by Crippen LogP contribution is 2.42. The molecule has 1 aromatic carbocycles. The van der Waals surface area contributed by atoms with Crippen molar-refractivity contribution in [2.24, 2.45) is 5.92 Å². The zero-order valence-electron chi connectivity index (χ0n) is 24.6. The van der Waals surface area contributed by atoms with Crippen LogP contribution in [0.1, 0.15) is 55.8 Å². The Hall–Kier alpha value is -3.25. The van der Waals surface area contributed by atoms with Gasteiger partial charge in [0.15, 0.2) is 5.76 Å². The summed E-state index contributed by atoms with van der Waals surface area (Å²) >= 11 is 0. The number of carbonyl (C=O) groups is 3. The van der Waals surface area contributed by atoms with Crippen molar-refractivity contribution in [3.8, 4) is 0 Å². The Morgan fingerprint density at radius 1 is 1.14 bits per heavy atom. The van der Waals surface area contributed by atoms with Gasteiger partial charge in [-0.15, -0.1) is 0 Å². The van der Waals surface area contributed by atoms with Gasteiger partial charge in [0.25, 0.3) is 5.91 Å². The Labute approximate surface area is 246 Å². The first kappa shape index (κ1) is 31.7. The molecule has 2 amide bonds. The van der Waals surface area contributed by atoms with Crippen molar-refractivity contribution in [1.82, 2.24) is 14.8 Å². The van der Waals surface area contributed by atoms with Crippen molar-refractivity contribution in [3.05, 3.63) is 47.9 Å². The van der Waals surface area contributed by atoms with E-state index in [1.165, 1.54) is 6.92 Å². The molecule has 3 unspecified atom stereocenters. The van der Waals surface area contributed by atoms with Gasteiger partial charge in [-0.05, 0) is 43.9 Å². The van der Waals surface area contributed by atoms with E-state index in [-0.39, 0.29) is 48.5 Å². The van der Waals surface area contributed by atoms with E-state index in [1.807, 2.05) is 48.4 Å². The summed E-state index contributed by atoms with van der Waals surface area (Å²) in [5.41, 5.74) is 1.70. The summed E-state index contributed by atoms with van der Waals surface area (Å²) in [5, 5.41) is 12.7. The third-order valence-electron chi connectivity index (χ3n) is 7.65. The minimum Gasteiger partial charge on any atom is -0.459 e. The van der Waals surface area contributed by atoms with Crippen LogP contribution in [0.2, 0.25) is 0 Å². The molecule has 1 fully saturated rings. The number of ether oxygens (including phenoxy) is 4. The lowest BCUT2D eigenvalue weighted by atomic mass is 9.81. The summed E-state index contributed by atoms with van der Waals surface area (Å²) in [6, 6.07) is 7.72. The lowest BCUT2D eigenvalue weighted by Crippen LogP contribution is -2.40. The smallest absolute Gasteiger partial charge is 0.286 e. The number of nitrogens with one attached hydrogen (secondary N) is 1. The van der Waals surface area contributed by atoms with Crippen molar-refractivity contribution in [3.63, 3.8) is 0 Å². The fourth-order valence-corrected chi connectivity index (χ4v) is 5.63. The van der Waals surface area contributed by atoms with Gasteiger partial charge < -0.3 is 34.3 Å². The Morgan fingerprint density at radius 3 is 2.64 bits per heavy atom. The summed E-state index contributed by atoms with van der Waals surface area (Å²) in [6.45, 7) is 6.98. The SMILES string of the molecule is CCOC1OC(C(=O)NCCCN2CCCC2=O)=CC(c2cn(C(C)=O)c3ccccc23)C1CCOCCOCCO. The molecule has 3 atom stereocenters. The molecule has 0 aliphatic carbocycles. The fourth-order valence-electron chi connectivity index (χ4n) is 5.63. The van der Waals surface area contributed by atoms with Gasteiger partial charge in [-0.25, -0.2) is 0 Å². The number of carbonyl (C=O) groups excluding carboxylic acids is 3. The average Bonchev–Trinajstić information content (AvgIpc) is 3.58. The van der Waals surface area contributed by atoms with Crippen LogP contribution in [-0.4, -0.2) is 97.9 Å². The quantitative estimate of drug-likeness (QED) is 0.288. The van der Waals surface area contributed by atoms with Gasteiger partial charge in [-0.1, -0.05) is 18.2 Å². The van der Waals surface area contributed by atoms with Crippen LogP contribution in [0.4, 0.5) is 0 Å². The van der Waals surface area contributed by atoms with Gasteiger partial charge >= 0.3 is 0 Å². The summed E-state index contributed by atoms with van der Waals surface area (Å²) in [5.74, 6) is -0.606. The Morgan fingerprint density at radius 2 is 1.93 bits per heavy atom. The lowest BCUT2D eigenvalue weighted by molar-refractivity contribution is -0.168. The molecule has 0 bridgehead atoms. The van der Waals surface area contributed by atoms with E-state index >= 15 is 0 Å². The van der Waals surface area contributed by atoms with Gasteiger partial charge in [-0.2, -0.15) is 0 Å². The third-order valence-corrected chi connectivity index (χ3v) is 7.65. The monoisotopic (exact) mass is 585 g/mol. The second-order valence-electron chi connectivity index (χ2n) is 10.5. The maximum absolute atomic E-state index is 13.3. The van der Waals surface area contributed by atoms with Crippen molar-refractivity contribution >= 4 is 28.6 Å². The highest BCUT2D eigenvalue weighted by Gasteiger charge is 2.39. The molecular weight excluding hydrogens is 542 g/mol. The first-order chi connectivity index (χ1) is 20.4. The van der Waals surface area contributed by atoms with E-state index in [9.17, 15) is 14.4 Å². The molecule has 0 saturated carbocycles. The summed E-state index contributed by atoms with van der Waals surface area (Å²) in [4.78, 5) is 39.5. The highest BCUT2D eigenvalue weighted by molar-refractivity contribution is 5.95. The molecule has 0 spiro atoms. The highest BCUT2D eigenvalue weighted by atomic mass is 16.7. The van der Waals surface area contributed by atoms with Gasteiger partial charge in [0.2, 0.25) is 18.1 Å². The minimum atomic E-state index is -0.707. The zero-order chi connectivity index (χ0) is 29.9. The molecule has 2 N–H and O–H groups in total. The van der Waals surface area contributed by atoms with E-state index < -0.39 is 6.29 Å². The number of likely N-dealkylation sites (tertiary alicyclic amines) is 1. The van der Waals surface area contributed by atoms with Crippen LogP contribution in [0, 0.1) is 5.92 Å². The minimum absolute atomic E-state index is 0.0363. The van der Waals surface area contributed by atoms with Crippen molar-refractivity contribution < 1.29 is 38.4 Å². The van der Waals surface area contributed by atoms with Gasteiger partial charge in [-0.3, -0.25) is 19.0 Å². The molecule has 4 rings (SSSR count). The number of hydrogen-bond donors (Lipinski definition) is 2. The summed E-state index contributed by atoms with van der Waals surface area (Å²) in [6.07, 6.45) is 5.67. The Bertz CT molecular complexity index is 1240. The van der Waals surface area contributed by atoms with Crippen molar-refractivity contribution in [2.75, 3.05) is 59.3 Å². The number of amides is 2. The number of aromatic nitrogens is 1. The van der Waals surface area contributed by atoms with Gasteiger partial charge in [0.05, 0.1) is 31.9 Å². The molecule has 3 heterocycles. The van der Waals surface area contributed by atoms with Crippen LogP contribution in [0.3, 0.4) is 0 Å². The predicted molar refractivity (Wildman–Crippen MR) is 156 cm³/mol. The first-order valence-electron chi connectivity index (χ1n) is 14.9. The van der Waals surface area contributed by atoms with Crippen LogP contribution in [0.25, 0.3) is 10.9 Å². The maximum Gasteiger partial charge on any atom is 0.286 e. The first-order valence-corrected chi connectivity index (χ1v) is 14.9. The maximum atomic E-state index is 13.3. The number of fused-ring (bicyclic) bond motifs is 1. The van der Waals surface area contributed by atoms with Crippen LogP contribution in [0.15, 0.2) is 42.3 Å². The molecule has 2 aliphatic heterocycles. The number of aliphatic hydroxyl groups excluding tert-OH is 1. The largest absolute Gasteiger partial charge is 0.459 e. The fraction of sp³-hybridized carbons (Fsp3) is 0.581. The number of aliphatic hydroxyl groups is 1. The van der Waals surface area contributed by atoms with Crippen LogP contribution >= 0.6 is 0 Å². The lowest BCUT2D eigenvalue weighted by Gasteiger charge is -2.36. The molecule has 2 aliphatic rings. The number of rotatable bonds is 16. The number of allylic oxidation sites excluding steroid dienone is 1. The van der Waals surface area contributed by atoms with Crippen LogP contribution < -0.4 is 5.32 Å². The molecule has 0 radical (unpaired) electrons. The second kappa shape index (κ2) is 15.8. The van der Waals surface area contributed by atoms with Crippen molar-refractivity contribution in [2.45, 2.75) is 51.7 Å². The zero-order valence-corrected chi connectivity index (χ0v) is 24.6. The molecule has 11 heteroatoms. The molecular formula is C31H43N3O8. The topological polar surface area (TPSA) is 129 Å². The molecule has 1 aromatic heterocycles. The van der Waals surface area contributed by atoms with Gasteiger partial charge in [0, 0.05) is 69.6 Å². The number of para-hydroxylation sites is 1. The standard InChI is InChI=1S/C31H43N3O8/c1-3-41-31-24(11-16-39-18-19-40-17-15-35)25(26-21-34(22(2)36)27-9-5-4-8-23(26)27)20-28(42-31)30(38)32-12-7-14-33-13-6-10-29(33)37/h4-5,8-9,20-21,24-25,31,35H,3,6-7,10-19H2,1-2H3,(H,32,38). The van der Waals surface area contributed by atoms with E-state index in [1.54, 1.807) is 4.57 Å². The van der Waals surface area contributed by atoms with Crippen LogP contribution in [-0.2, 0) is 28.5 Å². The molecule has 2 aromatic rings. The Kier molecular flexibility index (Phi) is 11.9. The Balaban J connectivity index is 1.55. The van der Waals surface area contributed by atoms with Crippen LogP contribution in [0.5, 0.6) is 0 Å². The molecule has 230 valence electrons. The van der Waals surface area contributed by atoms with E-state index in [0.29, 0.717) is 58.8 Å². The number of hydrogen-bond acceptors (Lipinski definition) is 8. The number of nitrogens with zero attached hydrogens (tertiary/aromatic N) is 2. The molecule has 42 heavy (non-hydrogen) atoms.